The summed E-state index contributed by atoms with van der Waals surface area (Å²) in [6.45, 7) is 6.27. The topological polar surface area (TPSA) is 50.1 Å². The molecule has 0 unspecified atom stereocenters. The summed E-state index contributed by atoms with van der Waals surface area (Å²) in [6, 6.07) is 9.63. The number of carbonyl (C=O) groups excluding carboxylic acids is 1. The van der Waals surface area contributed by atoms with Gasteiger partial charge in [-0.15, -0.1) is 0 Å². The van der Waals surface area contributed by atoms with Crippen LogP contribution in [0.5, 0.6) is 0 Å². The van der Waals surface area contributed by atoms with Gasteiger partial charge in [-0.25, -0.2) is 4.79 Å². The van der Waals surface area contributed by atoms with Crippen molar-refractivity contribution in [3.63, 3.8) is 0 Å². The molecule has 100 valence electrons. The summed E-state index contributed by atoms with van der Waals surface area (Å²) in [5, 5.41) is 9.07. The van der Waals surface area contributed by atoms with Gasteiger partial charge < -0.3 is 4.74 Å². The number of nitriles is 1. The minimum Gasteiger partial charge on any atom is -0.461 e. The number of hydrogen-bond donors (Lipinski definition) is 0. The van der Waals surface area contributed by atoms with Gasteiger partial charge in [0.15, 0.2) is 0 Å². The first-order chi connectivity index (χ1) is 9.08. The average Bonchev–Trinajstić information content (AvgIpc) is 2.42. The molecule has 0 aliphatic heterocycles. The predicted molar refractivity (Wildman–Crippen MR) is 75.2 cm³/mol. The molecule has 0 fully saturated rings. The van der Waals surface area contributed by atoms with Crippen LogP contribution >= 0.6 is 0 Å². The smallest absolute Gasteiger partial charge is 0.348 e. The van der Waals surface area contributed by atoms with Gasteiger partial charge in [0.1, 0.15) is 11.6 Å². The van der Waals surface area contributed by atoms with Gasteiger partial charge in [0.2, 0.25) is 0 Å². The van der Waals surface area contributed by atoms with E-state index in [4.69, 9.17) is 10.00 Å². The van der Waals surface area contributed by atoms with E-state index >= 15 is 0 Å². The minimum atomic E-state index is -0.554. The third-order valence-electron chi connectivity index (χ3n) is 2.62. The number of carbonyl (C=O) groups is 1. The van der Waals surface area contributed by atoms with Crippen molar-refractivity contribution >= 4 is 12.0 Å². The molecule has 0 radical (unpaired) electrons. The van der Waals surface area contributed by atoms with E-state index in [-0.39, 0.29) is 11.5 Å². The van der Waals surface area contributed by atoms with Crippen molar-refractivity contribution in [1.82, 2.24) is 0 Å². The van der Waals surface area contributed by atoms with Crippen molar-refractivity contribution in [1.29, 1.82) is 5.26 Å². The Bertz CT molecular complexity index is 510. The van der Waals surface area contributed by atoms with Crippen molar-refractivity contribution in [3.8, 4) is 6.07 Å². The van der Waals surface area contributed by atoms with E-state index in [9.17, 15) is 4.79 Å². The van der Waals surface area contributed by atoms with E-state index < -0.39 is 5.97 Å². The molecule has 3 nitrogen and oxygen atoms in total. The average molecular weight is 257 g/mol. The fraction of sp³-hybridized carbons (Fsp3) is 0.375. The fourth-order valence-electron chi connectivity index (χ4n) is 1.61. The van der Waals surface area contributed by atoms with E-state index in [1.165, 1.54) is 0 Å². The molecule has 0 atom stereocenters. The molecule has 0 amide bonds. The third kappa shape index (κ3) is 4.59. The molecule has 0 aliphatic rings. The molecule has 19 heavy (non-hydrogen) atoms. The number of esters is 1. The molecule has 0 aliphatic carbocycles. The largest absolute Gasteiger partial charge is 0.461 e. The van der Waals surface area contributed by atoms with Gasteiger partial charge in [0, 0.05) is 0 Å². The Balaban J connectivity index is 2.93. The fourth-order valence-corrected chi connectivity index (χ4v) is 1.61. The van der Waals surface area contributed by atoms with E-state index in [1.54, 1.807) is 6.08 Å². The molecule has 0 spiro atoms. The van der Waals surface area contributed by atoms with Gasteiger partial charge in [0.25, 0.3) is 0 Å². The van der Waals surface area contributed by atoms with Crippen molar-refractivity contribution in [2.45, 2.75) is 27.2 Å². The Kier molecular flexibility index (Phi) is 5.81. The summed E-state index contributed by atoms with van der Waals surface area (Å²) in [4.78, 5) is 11.8. The van der Waals surface area contributed by atoms with Crippen LogP contribution in [0.4, 0.5) is 0 Å². The second-order valence-corrected chi connectivity index (χ2v) is 4.71. The van der Waals surface area contributed by atoms with E-state index in [0.29, 0.717) is 6.61 Å². The number of benzene rings is 1. The number of ether oxygens (including phenoxy) is 1. The highest BCUT2D eigenvalue weighted by Gasteiger charge is 2.12. The molecule has 3 heteroatoms. The lowest BCUT2D eigenvalue weighted by Gasteiger charge is -2.07. The van der Waals surface area contributed by atoms with Gasteiger partial charge in [-0.05, 0) is 29.5 Å². The van der Waals surface area contributed by atoms with Crippen LogP contribution in [-0.4, -0.2) is 12.6 Å². The van der Waals surface area contributed by atoms with Crippen LogP contribution in [0.25, 0.3) is 6.08 Å². The van der Waals surface area contributed by atoms with Gasteiger partial charge in [-0.1, -0.05) is 45.0 Å². The summed E-state index contributed by atoms with van der Waals surface area (Å²) < 4.78 is 5.07. The summed E-state index contributed by atoms with van der Waals surface area (Å²) in [7, 11) is 0. The number of aryl methyl sites for hydroxylation is 1. The Morgan fingerprint density at radius 2 is 2.11 bits per heavy atom. The molecule has 0 saturated heterocycles. The number of nitrogens with zero attached hydrogens (tertiary/aromatic N) is 1. The lowest BCUT2D eigenvalue weighted by atomic mass is 10.0. The van der Waals surface area contributed by atoms with E-state index in [0.717, 1.165) is 17.5 Å². The van der Waals surface area contributed by atoms with Crippen molar-refractivity contribution in [3.05, 3.63) is 41.0 Å². The quantitative estimate of drug-likeness (QED) is 0.461. The monoisotopic (exact) mass is 257 g/mol. The Labute approximate surface area is 114 Å². The second-order valence-electron chi connectivity index (χ2n) is 4.71. The van der Waals surface area contributed by atoms with Crippen LogP contribution in [0, 0.1) is 17.2 Å². The van der Waals surface area contributed by atoms with Gasteiger partial charge in [-0.2, -0.15) is 5.26 Å². The molecule has 0 aromatic heterocycles. The molecule has 0 saturated carbocycles. The normalized spacial score (nSPS) is 11.2. The van der Waals surface area contributed by atoms with Gasteiger partial charge in [0.05, 0.1) is 6.61 Å². The zero-order chi connectivity index (χ0) is 14.3. The SMILES string of the molecule is CCc1ccccc1C=C(C#N)C(=O)OCC(C)C. The van der Waals surface area contributed by atoms with Crippen LogP contribution < -0.4 is 0 Å². The summed E-state index contributed by atoms with van der Waals surface area (Å²) in [5.74, 6) is -0.297. The maximum absolute atomic E-state index is 11.8. The summed E-state index contributed by atoms with van der Waals surface area (Å²) in [5.41, 5.74) is 2.04. The molecule has 0 bridgehead atoms. The number of rotatable bonds is 5. The Morgan fingerprint density at radius 3 is 2.68 bits per heavy atom. The highest BCUT2D eigenvalue weighted by molar-refractivity contribution is 5.98. The standard InChI is InChI=1S/C16H19NO2/c1-4-13-7-5-6-8-14(13)9-15(10-17)16(18)19-11-12(2)3/h5-9,12H,4,11H2,1-3H3. The third-order valence-corrected chi connectivity index (χ3v) is 2.62. The maximum Gasteiger partial charge on any atom is 0.348 e. The van der Waals surface area contributed by atoms with Crippen molar-refractivity contribution in [2.75, 3.05) is 6.61 Å². The Hall–Kier alpha value is -2.08. The van der Waals surface area contributed by atoms with Crippen LogP contribution in [0.3, 0.4) is 0 Å². The Morgan fingerprint density at radius 1 is 1.42 bits per heavy atom. The molecule has 0 N–H and O–H groups in total. The molecule has 1 aromatic rings. The first kappa shape index (κ1) is 15.0. The highest BCUT2D eigenvalue weighted by atomic mass is 16.5. The van der Waals surface area contributed by atoms with Crippen LogP contribution in [-0.2, 0) is 16.0 Å². The van der Waals surface area contributed by atoms with Crippen LogP contribution in [0.1, 0.15) is 31.9 Å². The summed E-state index contributed by atoms with van der Waals surface area (Å²) >= 11 is 0. The molecule has 1 aromatic carbocycles. The first-order valence-electron chi connectivity index (χ1n) is 6.45. The summed E-state index contributed by atoms with van der Waals surface area (Å²) in [6.07, 6.45) is 2.45. The van der Waals surface area contributed by atoms with E-state index in [2.05, 4.69) is 0 Å². The zero-order valence-electron chi connectivity index (χ0n) is 11.6. The van der Waals surface area contributed by atoms with Crippen LogP contribution in [0.2, 0.25) is 0 Å². The van der Waals surface area contributed by atoms with Crippen LogP contribution in [0.15, 0.2) is 29.8 Å². The molecule has 1 rings (SSSR count). The zero-order valence-corrected chi connectivity index (χ0v) is 11.6. The van der Waals surface area contributed by atoms with Gasteiger partial charge >= 0.3 is 5.97 Å². The minimum absolute atomic E-state index is 0.0431. The van der Waals surface area contributed by atoms with Gasteiger partial charge in [-0.3, -0.25) is 0 Å². The lowest BCUT2D eigenvalue weighted by Crippen LogP contribution is -2.11. The predicted octanol–water partition coefficient (Wildman–Crippen LogP) is 3.36. The van der Waals surface area contributed by atoms with Crippen molar-refractivity contribution in [2.24, 2.45) is 5.92 Å². The lowest BCUT2D eigenvalue weighted by molar-refractivity contribution is -0.139. The first-order valence-corrected chi connectivity index (χ1v) is 6.45. The molecule has 0 heterocycles. The number of hydrogen-bond acceptors (Lipinski definition) is 3. The highest BCUT2D eigenvalue weighted by Crippen LogP contribution is 2.14. The van der Waals surface area contributed by atoms with Crippen molar-refractivity contribution < 1.29 is 9.53 Å². The van der Waals surface area contributed by atoms with E-state index in [1.807, 2.05) is 51.1 Å². The molecular formula is C16H19NO2. The molecular weight excluding hydrogens is 238 g/mol. The second kappa shape index (κ2) is 7.38. The maximum atomic E-state index is 11.8.